The van der Waals surface area contributed by atoms with E-state index in [1.165, 1.54) is 6.92 Å². The minimum Gasteiger partial charge on any atom is -0.497 e. The lowest BCUT2D eigenvalue weighted by Gasteiger charge is -2.20. The second kappa shape index (κ2) is 8.87. The summed E-state index contributed by atoms with van der Waals surface area (Å²) in [6.07, 6.45) is 0.170. The van der Waals surface area contributed by atoms with Crippen LogP contribution in [0.25, 0.3) is 0 Å². The van der Waals surface area contributed by atoms with Crippen molar-refractivity contribution in [3.63, 3.8) is 0 Å². The molecule has 2 rings (SSSR count). The molecule has 0 bridgehead atoms. The summed E-state index contributed by atoms with van der Waals surface area (Å²) in [6, 6.07) is 16.6. The first kappa shape index (κ1) is 18.5. The summed E-state index contributed by atoms with van der Waals surface area (Å²) in [5.41, 5.74) is 1.90. The van der Waals surface area contributed by atoms with Gasteiger partial charge in [0.2, 0.25) is 11.8 Å². The van der Waals surface area contributed by atoms with E-state index in [2.05, 4.69) is 10.6 Å². The Balaban J connectivity index is 2.05. The average Bonchev–Trinajstić information content (AvgIpc) is 2.61. The Morgan fingerprint density at radius 1 is 0.960 bits per heavy atom. The van der Waals surface area contributed by atoms with Crippen LogP contribution in [-0.4, -0.2) is 18.9 Å². The molecule has 2 unspecified atom stereocenters. The van der Waals surface area contributed by atoms with Gasteiger partial charge >= 0.3 is 0 Å². The first-order chi connectivity index (χ1) is 12.0. The van der Waals surface area contributed by atoms with Crippen LogP contribution in [0.1, 0.15) is 43.5 Å². The number of hydrogen-bond donors (Lipinski definition) is 2. The molecular formula is C20H24N2O3. The van der Waals surface area contributed by atoms with Crippen LogP contribution in [0.4, 0.5) is 0 Å². The number of amides is 2. The molecule has 0 aliphatic heterocycles. The van der Waals surface area contributed by atoms with Gasteiger partial charge in [0.25, 0.3) is 0 Å². The van der Waals surface area contributed by atoms with Gasteiger partial charge in [-0.3, -0.25) is 9.59 Å². The monoisotopic (exact) mass is 340 g/mol. The van der Waals surface area contributed by atoms with Crippen molar-refractivity contribution in [1.82, 2.24) is 10.6 Å². The molecule has 2 atom stereocenters. The van der Waals surface area contributed by atoms with E-state index in [4.69, 9.17) is 4.74 Å². The summed E-state index contributed by atoms with van der Waals surface area (Å²) in [7, 11) is 1.60. The molecule has 0 saturated heterocycles. The summed E-state index contributed by atoms with van der Waals surface area (Å²) in [4.78, 5) is 23.9. The molecule has 0 spiro atoms. The number of methoxy groups -OCH3 is 1. The van der Waals surface area contributed by atoms with Gasteiger partial charge in [-0.2, -0.15) is 0 Å². The molecular weight excluding hydrogens is 316 g/mol. The molecule has 0 saturated carbocycles. The Kier molecular flexibility index (Phi) is 6.57. The number of benzene rings is 2. The Morgan fingerprint density at radius 3 is 2.16 bits per heavy atom. The van der Waals surface area contributed by atoms with Gasteiger partial charge in [0.05, 0.1) is 25.6 Å². The molecule has 0 heterocycles. The van der Waals surface area contributed by atoms with Crippen LogP contribution in [0, 0.1) is 0 Å². The minimum absolute atomic E-state index is 0.0949. The van der Waals surface area contributed by atoms with Gasteiger partial charge in [-0.1, -0.05) is 42.5 Å². The highest BCUT2D eigenvalue weighted by molar-refractivity contribution is 5.79. The third kappa shape index (κ3) is 5.64. The van der Waals surface area contributed by atoms with Crippen molar-refractivity contribution in [2.24, 2.45) is 0 Å². The van der Waals surface area contributed by atoms with E-state index in [-0.39, 0.29) is 30.3 Å². The van der Waals surface area contributed by atoms with Crippen molar-refractivity contribution in [2.45, 2.75) is 32.4 Å². The summed E-state index contributed by atoms with van der Waals surface area (Å²) >= 11 is 0. The fourth-order valence-corrected chi connectivity index (χ4v) is 2.64. The SMILES string of the molecule is COc1ccc(C(CC(=O)NC(C)c2ccccc2)NC(C)=O)cc1. The summed E-state index contributed by atoms with van der Waals surface area (Å²) in [5.74, 6) is 0.433. The highest BCUT2D eigenvalue weighted by atomic mass is 16.5. The topological polar surface area (TPSA) is 67.4 Å². The largest absolute Gasteiger partial charge is 0.497 e. The van der Waals surface area contributed by atoms with Crippen LogP contribution < -0.4 is 15.4 Å². The maximum Gasteiger partial charge on any atom is 0.222 e. The molecule has 2 amide bonds. The predicted octanol–water partition coefficient (Wildman–Crippen LogP) is 3.14. The number of ether oxygens (including phenoxy) is 1. The molecule has 2 N–H and O–H groups in total. The number of carbonyl (C=O) groups is 2. The van der Waals surface area contributed by atoms with Gasteiger partial charge < -0.3 is 15.4 Å². The van der Waals surface area contributed by atoms with E-state index in [0.29, 0.717) is 0 Å². The quantitative estimate of drug-likeness (QED) is 0.814. The molecule has 2 aromatic carbocycles. The maximum absolute atomic E-state index is 12.4. The van der Waals surface area contributed by atoms with Crippen molar-refractivity contribution in [3.05, 3.63) is 65.7 Å². The highest BCUT2D eigenvalue weighted by Gasteiger charge is 2.18. The van der Waals surface area contributed by atoms with Crippen molar-refractivity contribution in [1.29, 1.82) is 0 Å². The lowest BCUT2D eigenvalue weighted by atomic mass is 10.0. The Morgan fingerprint density at radius 2 is 1.60 bits per heavy atom. The standard InChI is InChI=1S/C20H24N2O3/c1-14(16-7-5-4-6-8-16)21-20(24)13-19(22-15(2)23)17-9-11-18(25-3)12-10-17/h4-12,14,19H,13H2,1-3H3,(H,21,24)(H,22,23). The van der Waals surface area contributed by atoms with E-state index in [1.54, 1.807) is 7.11 Å². The van der Waals surface area contributed by atoms with Crippen LogP contribution in [0.15, 0.2) is 54.6 Å². The lowest BCUT2D eigenvalue weighted by Crippen LogP contribution is -2.33. The molecule has 5 nitrogen and oxygen atoms in total. The molecule has 0 fully saturated rings. The van der Waals surface area contributed by atoms with Crippen LogP contribution in [0.2, 0.25) is 0 Å². The zero-order valence-corrected chi connectivity index (χ0v) is 14.8. The second-order valence-corrected chi connectivity index (χ2v) is 5.93. The Hall–Kier alpha value is -2.82. The van der Waals surface area contributed by atoms with E-state index >= 15 is 0 Å². The first-order valence-electron chi connectivity index (χ1n) is 8.25. The third-order valence-corrected chi connectivity index (χ3v) is 3.96. The molecule has 132 valence electrons. The number of nitrogens with one attached hydrogen (secondary N) is 2. The van der Waals surface area contributed by atoms with Crippen LogP contribution in [0.5, 0.6) is 5.75 Å². The van der Waals surface area contributed by atoms with Gasteiger partial charge in [-0.15, -0.1) is 0 Å². The van der Waals surface area contributed by atoms with Crippen molar-refractivity contribution < 1.29 is 14.3 Å². The number of hydrogen-bond acceptors (Lipinski definition) is 3. The zero-order valence-electron chi connectivity index (χ0n) is 14.8. The van der Waals surface area contributed by atoms with Crippen LogP contribution >= 0.6 is 0 Å². The molecule has 25 heavy (non-hydrogen) atoms. The van der Waals surface area contributed by atoms with Gasteiger partial charge in [-0.25, -0.2) is 0 Å². The predicted molar refractivity (Wildman–Crippen MR) is 97.2 cm³/mol. The Labute approximate surface area is 148 Å². The van der Waals surface area contributed by atoms with Crippen LogP contribution in [0.3, 0.4) is 0 Å². The maximum atomic E-state index is 12.4. The summed E-state index contributed by atoms with van der Waals surface area (Å²) < 4.78 is 5.15. The molecule has 5 heteroatoms. The van der Waals surface area contributed by atoms with Gasteiger partial charge in [0.1, 0.15) is 5.75 Å². The van der Waals surface area contributed by atoms with E-state index in [0.717, 1.165) is 16.9 Å². The Bertz CT molecular complexity index is 699. The normalized spacial score (nSPS) is 12.8. The van der Waals surface area contributed by atoms with E-state index < -0.39 is 0 Å². The highest BCUT2D eigenvalue weighted by Crippen LogP contribution is 2.21. The smallest absolute Gasteiger partial charge is 0.222 e. The fourth-order valence-electron chi connectivity index (χ4n) is 2.64. The average molecular weight is 340 g/mol. The van der Waals surface area contributed by atoms with Crippen molar-refractivity contribution in [2.75, 3.05) is 7.11 Å². The second-order valence-electron chi connectivity index (χ2n) is 5.93. The van der Waals surface area contributed by atoms with Gasteiger partial charge in [0.15, 0.2) is 0 Å². The number of rotatable bonds is 7. The van der Waals surface area contributed by atoms with Gasteiger partial charge in [-0.05, 0) is 30.2 Å². The number of carbonyl (C=O) groups excluding carboxylic acids is 2. The molecule has 0 aliphatic carbocycles. The molecule has 0 radical (unpaired) electrons. The van der Waals surface area contributed by atoms with E-state index in [1.807, 2.05) is 61.5 Å². The molecule has 2 aromatic rings. The van der Waals surface area contributed by atoms with E-state index in [9.17, 15) is 9.59 Å². The summed E-state index contributed by atoms with van der Waals surface area (Å²) in [5, 5.41) is 5.81. The van der Waals surface area contributed by atoms with Crippen molar-refractivity contribution >= 4 is 11.8 Å². The third-order valence-electron chi connectivity index (χ3n) is 3.96. The first-order valence-corrected chi connectivity index (χ1v) is 8.25. The lowest BCUT2D eigenvalue weighted by molar-refractivity contribution is -0.123. The zero-order chi connectivity index (χ0) is 18.2. The van der Waals surface area contributed by atoms with Gasteiger partial charge in [0, 0.05) is 6.92 Å². The van der Waals surface area contributed by atoms with Crippen LogP contribution in [-0.2, 0) is 9.59 Å². The van der Waals surface area contributed by atoms with Crippen molar-refractivity contribution in [3.8, 4) is 5.75 Å². The fraction of sp³-hybridized carbons (Fsp3) is 0.300. The minimum atomic E-state index is -0.383. The molecule has 0 aliphatic rings. The summed E-state index contributed by atoms with van der Waals surface area (Å²) in [6.45, 7) is 3.38. The molecule has 0 aromatic heterocycles.